The first-order valence-electron chi connectivity index (χ1n) is 6.63. The Bertz CT molecular complexity index is 758. The van der Waals surface area contributed by atoms with E-state index in [0.717, 1.165) is 0 Å². The number of hydrogen-bond acceptors (Lipinski definition) is 4. The van der Waals surface area contributed by atoms with Gasteiger partial charge in [0.1, 0.15) is 0 Å². The second-order valence-corrected chi connectivity index (χ2v) is 6.84. The van der Waals surface area contributed by atoms with E-state index >= 15 is 0 Å². The van der Waals surface area contributed by atoms with E-state index in [1.165, 1.54) is 35.6 Å². The minimum Gasteiger partial charge on any atom is -0.366 e. The normalized spacial score (nSPS) is 13.0. The van der Waals surface area contributed by atoms with Crippen molar-refractivity contribution in [3.05, 3.63) is 59.9 Å². The van der Waals surface area contributed by atoms with E-state index in [0.29, 0.717) is 5.69 Å². The van der Waals surface area contributed by atoms with Crippen LogP contribution in [-0.2, 0) is 10.0 Å². The lowest BCUT2D eigenvalue weighted by atomic mass is 10.2. The topological polar surface area (TPSA) is 93.4 Å². The minimum atomic E-state index is -3.69. The van der Waals surface area contributed by atoms with Crippen LogP contribution in [0.4, 0.5) is 0 Å². The van der Waals surface area contributed by atoms with E-state index in [1.54, 1.807) is 31.3 Å². The molecule has 2 N–H and O–H groups in total. The quantitative estimate of drug-likeness (QED) is 0.905. The molecule has 1 aromatic heterocycles. The first kappa shape index (κ1) is 16.1. The molecule has 2 rings (SSSR count). The van der Waals surface area contributed by atoms with E-state index in [1.807, 2.05) is 0 Å². The van der Waals surface area contributed by atoms with Crippen LogP contribution in [0.15, 0.2) is 53.6 Å². The number of primary amides is 1. The third-order valence-electron chi connectivity index (χ3n) is 3.48. The molecule has 0 aliphatic heterocycles. The first-order chi connectivity index (χ1) is 10.3. The summed E-state index contributed by atoms with van der Waals surface area (Å²) in [6, 6.07) is 10.5. The summed E-state index contributed by atoms with van der Waals surface area (Å²) in [5.41, 5.74) is 6.07. The smallest absolute Gasteiger partial charge is 0.248 e. The van der Waals surface area contributed by atoms with Gasteiger partial charge in [-0.3, -0.25) is 9.78 Å². The SMILES string of the molecule is CC(c1ccccn1)N(C)S(=O)(=O)c1ccc(C(N)=O)cc1. The van der Waals surface area contributed by atoms with Crippen molar-refractivity contribution in [1.29, 1.82) is 0 Å². The summed E-state index contributed by atoms with van der Waals surface area (Å²) in [6.45, 7) is 1.76. The number of carbonyl (C=O) groups excluding carboxylic acids is 1. The maximum atomic E-state index is 12.6. The van der Waals surface area contributed by atoms with Crippen molar-refractivity contribution in [1.82, 2.24) is 9.29 Å². The van der Waals surface area contributed by atoms with Crippen molar-refractivity contribution in [3.63, 3.8) is 0 Å². The fourth-order valence-corrected chi connectivity index (χ4v) is 3.31. The number of amides is 1. The van der Waals surface area contributed by atoms with Crippen molar-refractivity contribution in [3.8, 4) is 0 Å². The van der Waals surface area contributed by atoms with Gasteiger partial charge in [-0.25, -0.2) is 8.42 Å². The van der Waals surface area contributed by atoms with Crippen LogP contribution in [0.1, 0.15) is 29.0 Å². The number of nitrogens with zero attached hydrogens (tertiary/aromatic N) is 2. The predicted molar refractivity (Wildman–Crippen MR) is 82.6 cm³/mol. The molecular weight excluding hydrogens is 302 g/mol. The molecule has 1 atom stereocenters. The zero-order valence-electron chi connectivity index (χ0n) is 12.3. The second-order valence-electron chi connectivity index (χ2n) is 4.84. The zero-order valence-corrected chi connectivity index (χ0v) is 13.1. The van der Waals surface area contributed by atoms with Crippen molar-refractivity contribution < 1.29 is 13.2 Å². The molecule has 0 aliphatic carbocycles. The van der Waals surface area contributed by atoms with E-state index in [2.05, 4.69) is 4.98 Å². The number of carbonyl (C=O) groups is 1. The predicted octanol–water partition coefficient (Wildman–Crippen LogP) is 1.56. The Labute approximate surface area is 129 Å². The van der Waals surface area contributed by atoms with E-state index in [4.69, 9.17) is 5.73 Å². The Morgan fingerprint density at radius 3 is 2.32 bits per heavy atom. The molecule has 0 fully saturated rings. The van der Waals surface area contributed by atoms with Crippen molar-refractivity contribution >= 4 is 15.9 Å². The molecule has 22 heavy (non-hydrogen) atoms. The number of rotatable bonds is 5. The highest BCUT2D eigenvalue weighted by molar-refractivity contribution is 7.89. The van der Waals surface area contributed by atoms with Gasteiger partial charge in [-0.2, -0.15) is 4.31 Å². The molecule has 1 heterocycles. The molecular formula is C15H17N3O3S. The summed E-state index contributed by atoms with van der Waals surface area (Å²) in [4.78, 5) is 15.3. The van der Waals surface area contributed by atoms with Crippen LogP contribution < -0.4 is 5.73 Å². The molecule has 2 aromatic rings. The van der Waals surface area contributed by atoms with Crippen molar-refractivity contribution in [2.75, 3.05) is 7.05 Å². The second kappa shape index (κ2) is 6.25. The summed E-state index contributed by atoms with van der Waals surface area (Å²) < 4.78 is 26.5. The molecule has 0 aliphatic rings. The maximum absolute atomic E-state index is 12.6. The van der Waals surface area contributed by atoms with Gasteiger partial charge in [-0.05, 0) is 43.3 Å². The summed E-state index contributed by atoms with van der Waals surface area (Å²) in [5, 5.41) is 0. The first-order valence-corrected chi connectivity index (χ1v) is 8.07. The Hall–Kier alpha value is -2.25. The van der Waals surface area contributed by atoms with Gasteiger partial charge in [0, 0.05) is 18.8 Å². The lowest BCUT2D eigenvalue weighted by Gasteiger charge is -2.24. The highest BCUT2D eigenvalue weighted by atomic mass is 32.2. The number of sulfonamides is 1. The third-order valence-corrected chi connectivity index (χ3v) is 5.42. The molecule has 0 radical (unpaired) electrons. The lowest BCUT2D eigenvalue weighted by molar-refractivity contribution is 0.1000. The van der Waals surface area contributed by atoms with Gasteiger partial charge in [0.05, 0.1) is 16.6 Å². The molecule has 0 spiro atoms. The summed E-state index contributed by atoms with van der Waals surface area (Å²) >= 11 is 0. The van der Waals surface area contributed by atoms with Crippen LogP contribution in [-0.4, -0.2) is 30.7 Å². The van der Waals surface area contributed by atoms with Crippen LogP contribution >= 0.6 is 0 Å². The Balaban J connectivity index is 2.31. The summed E-state index contributed by atoms with van der Waals surface area (Å²) in [6.07, 6.45) is 1.62. The summed E-state index contributed by atoms with van der Waals surface area (Å²) in [5.74, 6) is -0.598. The van der Waals surface area contributed by atoms with Crippen LogP contribution in [0.3, 0.4) is 0 Å². The fraction of sp³-hybridized carbons (Fsp3) is 0.200. The van der Waals surface area contributed by atoms with Crippen LogP contribution in [0.5, 0.6) is 0 Å². The highest BCUT2D eigenvalue weighted by Crippen LogP contribution is 2.24. The monoisotopic (exact) mass is 319 g/mol. The van der Waals surface area contributed by atoms with E-state index in [9.17, 15) is 13.2 Å². The molecule has 0 bridgehead atoms. The standard InChI is InChI=1S/C15H17N3O3S/c1-11(14-5-3-4-10-17-14)18(2)22(20,21)13-8-6-12(7-9-13)15(16)19/h3-11H,1-2H3,(H2,16,19). The number of benzene rings is 1. The number of hydrogen-bond donors (Lipinski definition) is 1. The molecule has 0 saturated carbocycles. The van der Waals surface area contributed by atoms with Gasteiger partial charge in [0.2, 0.25) is 15.9 Å². The lowest BCUT2D eigenvalue weighted by Crippen LogP contribution is -2.30. The highest BCUT2D eigenvalue weighted by Gasteiger charge is 2.26. The minimum absolute atomic E-state index is 0.0998. The largest absolute Gasteiger partial charge is 0.366 e. The number of aromatic nitrogens is 1. The van der Waals surface area contributed by atoms with Crippen molar-refractivity contribution in [2.45, 2.75) is 17.9 Å². The molecule has 7 heteroatoms. The van der Waals surface area contributed by atoms with Gasteiger partial charge in [-0.15, -0.1) is 0 Å². The molecule has 1 amide bonds. The molecule has 1 aromatic carbocycles. The van der Waals surface area contributed by atoms with Crippen LogP contribution in [0, 0.1) is 0 Å². The molecule has 1 unspecified atom stereocenters. The number of pyridine rings is 1. The van der Waals surface area contributed by atoms with Crippen LogP contribution in [0.2, 0.25) is 0 Å². The average Bonchev–Trinajstić information content (AvgIpc) is 2.54. The van der Waals surface area contributed by atoms with Gasteiger partial charge < -0.3 is 5.73 Å². The summed E-state index contributed by atoms with van der Waals surface area (Å²) in [7, 11) is -2.19. The zero-order chi connectivity index (χ0) is 16.3. The van der Waals surface area contributed by atoms with Crippen molar-refractivity contribution in [2.24, 2.45) is 5.73 Å². The Morgan fingerprint density at radius 2 is 1.82 bits per heavy atom. The fourth-order valence-electron chi connectivity index (χ4n) is 1.97. The maximum Gasteiger partial charge on any atom is 0.248 e. The Morgan fingerprint density at radius 1 is 1.18 bits per heavy atom. The molecule has 0 saturated heterocycles. The number of nitrogens with two attached hydrogens (primary N) is 1. The van der Waals surface area contributed by atoms with E-state index < -0.39 is 22.0 Å². The van der Waals surface area contributed by atoms with Crippen LogP contribution in [0.25, 0.3) is 0 Å². The van der Waals surface area contributed by atoms with Gasteiger partial charge in [0.25, 0.3) is 0 Å². The van der Waals surface area contributed by atoms with E-state index in [-0.39, 0.29) is 10.5 Å². The third kappa shape index (κ3) is 3.15. The Kier molecular flexibility index (Phi) is 4.58. The molecule has 116 valence electrons. The van der Waals surface area contributed by atoms with Gasteiger partial charge >= 0.3 is 0 Å². The van der Waals surface area contributed by atoms with Gasteiger partial charge in [-0.1, -0.05) is 6.07 Å². The average molecular weight is 319 g/mol. The molecule has 6 nitrogen and oxygen atoms in total. The van der Waals surface area contributed by atoms with Gasteiger partial charge in [0.15, 0.2) is 0 Å².